The number of para-hydroxylation sites is 1. The number of anilines is 1. The van der Waals surface area contributed by atoms with Crippen molar-refractivity contribution in [1.29, 1.82) is 0 Å². The SMILES string of the molecule is C/C=C1/C[N+]2(CCCC)CCC34C(=C(C=O)C1CC32)Nc1c(O)cccc14.[Cl-]. The van der Waals surface area contributed by atoms with Crippen molar-refractivity contribution < 1.29 is 26.8 Å². The summed E-state index contributed by atoms with van der Waals surface area (Å²) in [6.07, 6.45) is 7.91. The molecular weight excluding hydrogens is 372 g/mol. The number of carbonyl (C=O) groups is 1. The van der Waals surface area contributed by atoms with Crippen molar-refractivity contribution in [3.63, 3.8) is 0 Å². The van der Waals surface area contributed by atoms with E-state index in [0.29, 0.717) is 11.8 Å². The van der Waals surface area contributed by atoms with E-state index in [1.807, 2.05) is 6.07 Å². The van der Waals surface area contributed by atoms with Gasteiger partial charge in [-0.1, -0.05) is 31.6 Å². The number of hydrogen-bond donors (Lipinski definition) is 2. The van der Waals surface area contributed by atoms with E-state index in [9.17, 15) is 9.90 Å². The molecule has 2 bridgehead atoms. The minimum absolute atomic E-state index is 0. The van der Waals surface area contributed by atoms with Crippen molar-refractivity contribution in [2.75, 3.05) is 25.0 Å². The molecule has 5 heteroatoms. The van der Waals surface area contributed by atoms with E-state index in [1.54, 1.807) is 6.07 Å². The highest BCUT2D eigenvalue weighted by Gasteiger charge is 2.68. The third-order valence-electron chi connectivity index (χ3n) is 7.92. The molecule has 0 saturated carbocycles. The summed E-state index contributed by atoms with van der Waals surface area (Å²) in [6, 6.07) is 6.37. The van der Waals surface area contributed by atoms with Crippen molar-refractivity contribution in [2.24, 2.45) is 5.92 Å². The van der Waals surface area contributed by atoms with Crippen LogP contribution in [0, 0.1) is 5.92 Å². The molecule has 1 aromatic carbocycles. The van der Waals surface area contributed by atoms with Gasteiger partial charge in [0.25, 0.3) is 0 Å². The Hall–Kier alpha value is -1.78. The zero-order valence-electron chi connectivity index (χ0n) is 16.7. The second-order valence-corrected chi connectivity index (χ2v) is 8.84. The Balaban J connectivity index is 0.00000192. The average Bonchev–Trinajstić information content (AvgIpc) is 3.21. The quantitative estimate of drug-likeness (QED) is 0.341. The normalized spacial score (nSPS) is 35.9. The molecule has 4 aliphatic rings. The van der Waals surface area contributed by atoms with E-state index < -0.39 is 0 Å². The number of benzene rings is 1. The Bertz CT molecular complexity index is 893. The van der Waals surface area contributed by atoms with Crippen LogP contribution in [0.2, 0.25) is 0 Å². The molecule has 1 aliphatic carbocycles. The number of allylic oxidation sites excluding steroid dienone is 2. The van der Waals surface area contributed by atoms with Crippen LogP contribution in [-0.4, -0.2) is 41.6 Å². The first-order valence-electron chi connectivity index (χ1n) is 10.4. The molecule has 3 heterocycles. The summed E-state index contributed by atoms with van der Waals surface area (Å²) < 4.78 is 1.15. The highest BCUT2D eigenvalue weighted by Crippen LogP contribution is 2.64. The number of aldehydes is 1. The highest BCUT2D eigenvalue weighted by atomic mass is 35.5. The number of piperidine rings is 1. The number of halogens is 1. The van der Waals surface area contributed by atoms with Gasteiger partial charge < -0.3 is 27.3 Å². The lowest BCUT2D eigenvalue weighted by Crippen LogP contribution is -3.00. The van der Waals surface area contributed by atoms with Crippen LogP contribution in [0.25, 0.3) is 0 Å². The molecule has 28 heavy (non-hydrogen) atoms. The Kier molecular flexibility index (Phi) is 4.63. The van der Waals surface area contributed by atoms with Crippen LogP contribution in [0.4, 0.5) is 5.69 Å². The fraction of sp³-hybridized carbons (Fsp3) is 0.522. The first-order chi connectivity index (χ1) is 13.1. The second kappa shape index (κ2) is 6.64. The summed E-state index contributed by atoms with van der Waals surface area (Å²) in [5, 5.41) is 14.0. The van der Waals surface area contributed by atoms with Gasteiger partial charge in [0.15, 0.2) is 0 Å². The number of hydrogen-bond acceptors (Lipinski definition) is 3. The first kappa shape index (κ1) is 19.5. The molecule has 1 aromatic rings. The molecule has 3 aliphatic heterocycles. The van der Waals surface area contributed by atoms with Crippen LogP contribution < -0.4 is 17.7 Å². The van der Waals surface area contributed by atoms with Gasteiger partial charge in [-0.05, 0) is 30.5 Å². The van der Waals surface area contributed by atoms with Gasteiger partial charge in [0.05, 0.1) is 24.2 Å². The van der Waals surface area contributed by atoms with Crippen molar-refractivity contribution >= 4 is 12.0 Å². The maximum Gasteiger partial charge on any atom is 0.148 e. The molecule has 1 spiro atoms. The Morgan fingerprint density at radius 1 is 1.39 bits per heavy atom. The Labute approximate surface area is 173 Å². The zero-order chi connectivity index (χ0) is 18.8. The summed E-state index contributed by atoms with van der Waals surface area (Å²) in [7, 11) is 0. The van der Waals surface area contributed by atoms with Gasteiger partial charge in [-0.3, -0.25) is 4.79 Å². The highest BCUT2D eigenvalue weighted by molar-refractivity contribution is 5.85. The van der Waals surface area contributed by atoms with Crippen molar-refractivity contribution in [1.82, 2.24) is 0 Å². The second-order valence-electron chi connectivity index (χ2n) is 8.84. The smallest absolute Gasteiger partial charge is 0.148 e. The number of carbonyl (C=O) groups excluding carboxylic acids is 1. The van der Waals surface area contributed by atoms with Crippen LogP contribution in [0.1, 0.15) is 45.1 Å². The molecule has 2 fully saturated rings. The lowest BCUT2D eigenvalue weighted by Gasteiger charge is -2.53. The number of phenols is 1. The average molecular weight is 401 g/mol. The number of rotatable bonds is 4. The molecule has 4 nitrogen and oxygen atoms in total. The van der Waals surface area contributed by atoms with E-state index >= 15 is 0 Å². The molecular formula is C23H29ClN2O2. The van der Waals surface area contributed by atoms with Crippen LogP contribution in [0.3, 0.4) is 0 Å². The molecule has 150 valence electrons. The Morgan fingerprint density at radius 3 is 2.93 bits per heavy atom. The van der Waals surface area contributed by atoms with Crippen LogP contribution in [-0.2, 0) is 10.2 Å². The Morgan fingerprint density at radius 2 is 2.21 bits per heavy atom. The number of phenolic OH excluding ortho intramolecular Hbond substituents is 1. The molecule has 0 amide bonds. The third kappa shape index (κ3) is 2.19. The fourth-order valence-electron chi connectivity index (χ4n) is 6.76. The standard InChI is InChI=1S/C23H28N2O2.ClH/c1-3-5-10-25-11-9-23-18-7-6-8-19(27)21(18)24-22(23)17(14-26)16(12-20(23)25)15(4-2)13-25;/h4,6-8,14,16,20H,3,5,9-13H2,1-2H3,(H-,24,26,27);1H/b15-4-;. The summed E-state index contributed by atoms with van der Waals surface area (Å²) in [6.45, 7) is 7.84. The minimum Gasteiger partial charge on any atom is -1.00 e. The summed E-state index contributed by atoms with van der Waals surface area (Å²) >= 11 is 0. The fourth-order valence-corrected chi connectivity index (χ4v) is 6.76. The zero-order valence-corrected chi connectivity index (χ0v) is 17.4. The van der Waals surface area contributed by atoms with E-state index in [2.05, 4.69) is 31.3 Å². The molecule has 4 atom stereocenters. The van der Waals surface area contributed by atoms with Gasteiger partial charge >= 0.3 is 0 Å². The van der Waals surface area contributed by atoms with Crippen molar-refractivity contribution in [2.45, 2.75) is 51.0 Å². The molecule has 0 radical (unpaired) electrons. The predicted octanol–water partition coefficient (Wildman–Crippen LogP) is 0.882. The first-order valence-corrected chi connectivity index (χ1v) is 10.4. The number of nitrogens with one attached hydrogen (secondary N) is 1. The van der Waals surface area contributed by atoms with E-state index in [-0.39, 0.29) is 23.7 Å². The maximum absolute atomic E-state index is 12.2. The van der Waals surface area contributed by atoms with Crippen LogP contribution >= 0.6 is 0 Å². The lowest BCUT2D eigenvalue weighted by atomic mass is 9.61. The number of nitrogens with zero attached hydrogens (tertiary/aromatic N) is 1. The molecule has 2 saturated heterocycles. The maximum atomic E-state index is 12.2. The van der Waals surface area contributed by atoms with Crippen LogP contribution in [0.15, 0.2) is 41.1 Å². The van der Waals surface area contributed by atoms with Gasteiger partial charge in [-0.2, -0.15) is 0 Å². The van der Waals surface area contributed by atoms with E-state index in [4.69, 9.17) is 0 Å². The number of quaternary nitrogens is 1. The topological polar surface area (TPSA) is 49.3 Å². The summed E-state index contributed by atoms with van der Waals surface area (Å²) in [4.78, 5) is 12.2. The number of fused-ring (bicyclic) bond motifs is 2. The molecule has 4 unspecified atom stereocenters. The van der Waals surface area contributed by atoms with E-state index in [1.165, 1.54) is 30.5 Å². The van der Waals surface area contributed by atoms with Crippen molar-refractivity contribution in [3.8, 4) is 5.75 Å². The van der Waals surface area contributed by atoms with Gasteiger partial charge in [0.2, 0.25) is 0 Å². The third-order valence-corrected chi connectivity index (χ3v) is 7.92. The summed E-state index contributed by atoms with van der Waals surface area (Å²) in [5.74, 6) is 0.531. The number of unbranched alkanes of at least 4 members (excludes halogenated alkanes) is 1. The van der Waals surface area contributed by atoms with Gasteiger partial charge in [-0.25, -0.2) is 0 Å². The monoisotopic (exact) mass is 400 g/mol. The lowest BCUT2D eigenvalue weighted by molar-refractivity contribution is -0.941. The molecule has 5 rings (SSSR count). The predicted molar refractivity (Wildman–Crippen MR) is 107 cm³/mol. The summed E-state index contributed by atoms with van der Waals surface area (Å²) in [5.41, 5.74) is 5.34. The molecule has 2 N–H and O–H groups in total. The van der Waals surface area contributed by atoms with Crippen LogP contribution in [0.5, 0.6) is 5.75 Å². The van der Waals surface area contributed by atoms with Gasteiger partial charge in [0, 0.05) is 30.0 Å². The van der Waals surface area contributed by atoms with Crippen molar-refractivity contribution in [3.05, 3.63) is 46.7 Å². The molecule has 0 aromatic heterocycles. The minimum atomic E-state index is -0.131. The number of aromatic hydroxyl groups is 1. The van der Waals surface area contributed by atoms with Gasteiger partial charge in [0.1, 0.15) is 24.6 Å². The van der Waals surface area contributed by atoms with E-state index in [0.717, 1.165) is 53.7 Å². The van der Waals surface area contributed by atoms with Gasteiger partial charge in [-0.15, -0.1) is 0 Å². The largest absolute Gasteiger partial charge is 1.00 e.